The van der Waals surface area contributed by atoms with Crippen LogP contribution in [0.5, 0.6) is 0 Å². The maximum Gasteiger partial charge on any atom is 0.283 e. The molecule has 1 fully saturated rings. The van der Waals surface area contributed by atoms with E-state index in [0.717, 1.165) is 11.4 Å². The van der Waals surface area contributed by atoms with Gasteiger partial charge in [-0.05, 0) is 30.9 Å². The van der Waals surface area contributed by atoms with E-state index in [1.54, 1.807) is 10.8 Å². The first-order chi connectivity index (χ1) is 10.7. The Labute approximate surface area is 139 Å². The SMILES string of the molecule is O=c1c(Sc2ccccc2)nc(Cl)cn1CC1CCCCC1. The van der Waals surface area contributed by atoms with Crippen LogP contribution in [0.1, 0.15) is 32.1 Å². The van der Waals surface area contributed by atoms with Gasteiger partial charge in [-0.3, -0.25) is 4.79 Å². The van der Waals surface area contributed by atoms with Crippen molar-refractivity contribution in [3.05, 3.63) is 52.0 Å². The molecule has 0 aliphatic heterocycles. The molecule has 2 aromatic rings. The molecule has 3 nitrogen and oxygen atoms in total. The zero-order valence-corrected chi connectivity index (χ0v) is 13.9. The highest BCUT2D eigenvalue weighted by Crippen LogP contribution is 2.26. The summed E-state index contributed by atoms with van der Waals surface area (Å²) in [7, 11) is 0. The van der Waals surface area contributed by atoms with Crippen LogP contribution in [0.3, 0.4) is 0 Å². The maximum absolute atomic E-state index is 12.6. The molecule has 3 rings (SSSR count). The molecule has 0 radical (unpaired) electrons. The van der Waals surface area contributed by atoms with Gasteiger partial charge in [0, 0.05) is 17.6 Å². The predicted octanol–water partition coefficient (Wildman–Crippen LogP) is 4.63. The van der Waals surface area contributed by atoms with E-state index in [1.165, 1.54) is 43.9 Å². The first-order valence-electron chi connectivity index (χ1n) is 7.72. The second kappa shape index (κ2) is 7.34. The molecule has 0 spiro atoms. The Kier molecular flexibility index (Phi) is 5.21. The summed E-state index contributed by atoms with van der Waals surface area (Å²) < 4.78 is 1.75. The average Bonchev–Trinajstić information content (AvgIpc) is 2.54. The topological polar surface area (TPSA) is 34.9 Å². The van der Waals surface area contributed by atoms with E-state index in [4.69, 9.17) is 11.6 Å². The summed E-state index contributed by atoms with van der Waals surface area (Å²) in [6.07, 6.45) is 7.93. The summed E-state index contributed by atoms with van der Waals surface area (Å²) >= 11 is 7.50. The lowest BCUT2D eigenvalue weighted by atomic mass is 9.89. The monoisotopic (exact) mass is 334 g/mol. The molecule has 1 saturated carbocycles. The van der Waals surface area contributed by atoms with Crippen molar-refractivity contribution in [2.24, 2.45) is 5.92 Å². The third-order valence-corrected chi connectivity index (χ3v) is 5.20. The van der Waals surface area contributed by atoms with Crippen LogP contribution in [0.25, 0.3) is 0 Å². The lowest BCUT2D eigenvalue weighted by molar-refractivity contribution is 0.314. The molecule has 5 heteroatoms. The van der Waals surface area contributed by atoms with Crippen molar-refractivity contribution in [3.8, 4) is 0 Å². The molecular formula is C17H19ClN2OS. The van der Waals surface area contributed by atoms with E-state index < -0.39 is 0 Å². The Morgan fingerprint density at radius 3 is 2.64 bits per heavy atom. The van der Waals surface area contributed by atoms with Crippen molar-refractivity contribution in [1.29, 1.82) is 0 Å². The Morgan fingerprint density at radius 2 is 1.91 bits per heavy atom. The van der Waals surface area contributed by atoms with Crippen LogP contribution in [0.4, 0.5) is 0 Å². The first-order valence-corrected chi connectivity index (χ1v) is 8.92. The van der Waals surface area contributed by atoms with Crippen molar-refractivity contribution >= 4 is 23.4 Å². The van der Waals surface area contributed by atoms with E-state index in [2.05, 4.69) is 4.98 Å². The summed E-state index contributed by atoms with van der Waals surface area (Å²) in [6.45, 7) is 0.753. The molecule has 0 amide bonds. The summed E-state index contributed by atoms with van der Waals surface area (Å²) in [5.41, 5.74) is -0.0381. The van der Waals surface area contributed by atoms with Gasteiger partial charge in [-0.1, -0.05) is 60.8 Å². The minimum Gasteiger partial charge on any atom is -0.310 e. The molecule has 1 aliphatic rings. The van der Waals surface area contributed by atoms with Crippen LogP contribution >= 0.6 is 23.4 Å². The van der Waals surface area contributed by atoms with Crippen molar-refractivity contribution < 1.29 is 0 Å². The molecule has 0 atom stereocenters. The highest BCUT2D eigenvalue weighted by molar-refractivity contribution is 7.99. The molecule has 0 N–H and O–H groups in total. The summed E-state index contributed by atoms with van der Waals surface area (Å²) in [4.78, 5) is 17.8. The van der Waals surface area contributed by atoms with Crippen molar-refractivity contribution in [2.45, 2.75) is 48.6 Å². The van der Waals surface area contributed by atoms with Gasteiger partial charge in [0.15, 0.2) is 5.03 Å². The van der Waals surface area contributed by atoms with Gasteiger partial charge >= 0.3 is 0 Å². The smallest absolute Gasteiger partial charge is 0.283 e. The largest absolute Gasteiger partial charge is 0.310 e. The third-order valence-electron chi connectivity index (χ3n) is 4.05. The van der Waals surface area contributed by atoms with Crippen LogP contribution in [0.2, 0.25) is 5.15 Å². The van der Waals surface area contributed by atoms with Gasteiger partial charge in [0.25, 0.3) is 5.56 Å². The second-order valence-electron chi connectivity index (χ2n) is 5.75. The second-order valence-corrected chi connectivity index (χ2v) is 7.19. The van der Waals surface area contributed by atoms with Crippen LogP contribution in [-0.2, 0) is 6.54 Å². The lowest BCUT2D eigenvalue weighted by Crippen LogP contribution is -2.26. The molecule has 0 saturated heterocycles. The summed E-state index contributed by atoms with van der Waals surface area (Å²) in [5, 5.41) is 0.836. The van der Waals surface area contributed by atoms with Gasteiger partial charge in [0.1, 0.15) is 5.15 Å². The number of hydrogen-bond acceptors (Lipinski definition) is 3. The van der Waals surface area contributed by atoms with Gasteiger partial charge in [-0.15, -0.1) is 0 Å². The Morgan fingerprint density at radius 1 is 1.18 bits per heavy atom. The fourth-order valence-electron chi connectivity index (χ4n) is 2.93. The Hall–Kier alpha value is -1.26. The van der Waals surface area contributed by atoms with Crippen LogP contribution < -0.4 is 5.56 Å². The third kappa shape index (κ3) is 3.93. The van der Waals surface area contributed by atoms with Crippen molar-refractivity contribution in [1.82, 2.24) is 9.55 Å². The molecule has 116 valence electrons. The van der Waals surface area contributed by atoms with Crippen molar-refractivity contribution in [3.63, 3.8) is 0 Å². The van der Waals surface area contributed by atoms with E-state index in [1.807, 2.05) is 30.3 Å². The van der Waals surface area contributed by atoms with E-state index >= 15 is 0 Å². The van der Waals surface area contributed by atoms with E-state index in [9.17, 15) is 4.79 Å². The highest BCUT2D eigenvalue weighted by atomic mass is 35.5. The molecule has 1 heterocycles. The Bertz CT molecular complexity index is 681. The molecule has 22 heavy (non-hydrogen) atoms. The summed E-state index contributed by atoms with van der Waals surface area (Å²) in [5.74, 6) is 0.583. The van der Waals surface area contributed by atoms with Gasteiger partial charge in [-0.25, -0.2) is 4.98 Å². The molecular weight excluding hydrogens is 316 g/mol. The quantitative estimate of drug-likeness (QED) is 0.817. The van der Waals surface area contributed by atoms with Gasteiger partial charge < -0.3 is 4.57 Å². The minimum absolute atomic E-state index is 0.0381. The molecule has 0 bridgehead atoms. The van der Waals surface area contributed by atoms with Gasteiger partial charge in [-0.2, -0.15) is 0 Å². The normalized spacial score (nSPS) is 15.9. The van der Waals surface area contributed by atoms with Crippen molar-refractivity contribution in [2.75, 3.05) is 0 Å². The molecule has 0 unspecified atom stereocenters. The lowest BCUT2D eigenvalue weighted by Gasteiger charge is -2.22. The number of nitrogens with zero attached hydrogens (tertiary/aromatic N) is 2. The molecule has 1 aromatic carbocycles. The highest BCUT2D eigenvalue weighted by Gasteiger charge is 2.16. The number of benzene rings is 1. The number of hydrogen-bond donors (Lipinski definition) is 0. The fourth-order valence-corrected chi connectivity index (χ4v) is 4.05. The van der Waals surface area contributed by atoms with Gasteiger partial charge in [0.05, 0.1) is 0 Å². The standard InChI is InChI=1S/C17H19ClN2OS/c18-15-12-20(11-13-7-3-1-4-8-13)17(21)16(19-15)22-14-9-5-2-6-10-14/h2,5-6,9-10,12-13H,1,3-4,7-8,11H2. The van der Waals surface area contributed by atoms with Crippen LogP contribution in [0.15, 0.2) is 51.2 Å². The minimum atomic E-state index is -0.0381. The molecule has 1 aliphatic carbocycles. The maximum atomic E-state index is 12.6. The van der Waals surface area contributed by atoms with E-state index in [-0.39, 0.29) is 5.56 Å². The van der Waals surface area contributed by atoms with Gasteiger partial charge in [0.2, 0.25) is 0 Å². The number of rotatable bonds is 4. The zero-order chi connectivity index (χ0) is 15.4. The first kappa shape index (κ1) is 15.6. The fraction of sp³-hybridized carbons (Fsp3) is 0.412. The van der Waals surface area contributed by atoms with Crippen LogP contribution in [-0.4, -0.2) is 9.55 Å². The van der Waals surface area contributed by atoms with E-state index in [0.29, 0.717) is 16.1 Å². The Balaban J connectivity index is 1.83. The number of halogens is 1. The summed E-state index contributed by atoms with van der Waals surface area (Å²) in [6, 6.07) is 9.80. The average molecular weight is 335 g/mol. The van der Waals surface area contributed by atoms with Crippen LogP contribution in [0, 0.1) is 5.92 Å². The number of aromatic nitrogens is 2. The molecule has 1 aromatic heterocycles. The predicted molar refractivity (Wildman–Crippen MR) is 90.6 cm³/mol. The zero-order valence-electron chi connectivity index (χ0n) is 12.4.